The first-order chi connectivity index (χ1) is 32.0. The van der Waals surface area contributed by atoms with Crippen molar-refractivity contribution in [1.29, 1.82) is 0 Å². The van der Waals surface area contributed by atoms with Crippen molar-refractivity contribution in [3.8, 4) is 11.5 Å². The minimum atomic E-state index is -1.03. The molecule has 12 heteroatoms. The zero-order chi connectivity index (χ0) is 47.9. The van der Waals surface area contributed by atoms with Crippen LogP contribution in [0.15, 0.2) is 72.8 Å². The minimum Gasteiger partial charge on any atom is -0.494 e. The molecule has 3 N–H and O–H groups in total. The van der Waals surface area contributed by atoms with E-state index in [4.69, 9.17) is 46.9 Å². The van der Waals surface area contributed by atoms with E-state index in [9.17, 15) is 24.1 Å². The Bertz CT molecular complexity index is 2450. The van der Waals surface area contributed by atoms with Gasteiger partial charge < -0.3 is 39.0 Å². The van der Waals surface area contributed by atoms with E-state index in [1.54, 1.807) is 7.11 Å². The number of hydrogen-bond donors (Lipinski definition) is 3. The highest BCUT2D eigenvalue weighted by Crippen LogP contribution is 2.40. The first-order valence-corrected chi connectivity index (χ1v) is 24.0. The lowest BCUT2D eigenvalue weighted by Gasteiger charge is -2.35. The molecule has 0 aromatic heterocycles. The van der Waals surface area contributed by atoms with Crippen LogP contribution in [0.2, 0.25) is 10.0 Å². The Balaban J connectivity index is 0.000000230. The van der Waals surface area contributed by atoms with Crippen molar-refractivity contribution in [1.82, 2.24) is 0 Å². The Morgan fingerprint density at radius 1 is 0.667 bits per heavy atom. The molecule has 8 nitrogen and oxygen atoms in total. The van der Waals surface area contributed by atoms with Gasteiger partial charge in [0.15, 0.2) is 11.6 Å². The molecule has 3 aliphatic rings. The summed E-state index contributed by atoms with van der Waals surface area (Å²) in [6.45, 7) is 10.4. The molecule has 6 unspecified atom stereocenters. The molecule has 6 atom stereocenters. The zero-order valence-electron chi connectivity index (χ0n) is 39.2. The second-order valence-corrected chi connectivity index (χ2v) is 16.8. The number of halogens is 4. The normalized spacial score (nSPS) is 21.0. The highest BCUT2D eigenvalue weighted by atomic mass is 35.5. The van der Waals surface area contributed by atoms with Crippen LogP contribution in [0, 0.1) is 11.6 Å². The van der Waals surface area contributed by atoms with Gasteiger partial charge in [-0.15, -0.1) is 0 Å². The van der Waals surface area contributed by atoms with Crippen LogP contribution < -0.4 is 19.9 Å². The number of fused-ring (bicyclic) bond motifs is 2. The summed E-state index contributed by atoms with van der Waals surface area (Å²) in [7, 11) is 3.01. The van der Waals surface area contributed by atoms with Crippen LogP contribution in [0.25, 0.3) is 22.9 Å². The van der Waals surface area contributed by atoms with Crippen molar-refractivity contribution in [3.63, 3.8) is 0 Å². The van der Waals surface area contributed by atoms with Gasteiger partial charge >= 0.3 is 0 Å². The minimum absolute atomic E-state index is 0.0130. The smallest absolute Gasteiger partial charge is 0.200 e. The van der Waals surface area contributed by atoms with Crippen molar-refractivity contribution >= 4 is 46.1 Å². The Kier molecular flexibility index (Phi) is 20.7. The van der Waals surface area contributed by atoms with Crippen LogP contribution in [-0.4, -0.2) is 73.8 Å². The summed E-state index contributed by atoms with van der Waals surface area (Å²) in [5.74, 6) is -1.28. The molecule has 2 fully saturated rings. The van der Waals surface area contributed by atoms with Crippen LogP contribution >= 0.6 is 23.2 Å². The SMILES string of the molecule is CC.CC.CCOc1ccc(Cc2cc(C3CC(OC)CC(CO)O3)c3ccccc3c2Cl)cc1.COc1ccc(Cc2cc(C3CC(O)CC(CO)O3)c3c(c2Cl)=CCCC=3)c(F)c1F. The van der Waals surface area contributed by atoms with Gasteiger partial charge in [-0.2, -0.15) is 4.39 Å². The third kappa shape index (κ3) is 12.7. The Hall–Kier alpha value is -4.10. The fourth-order valence-electron chi connectivity index (χ4n) is 8.83. The van der Waals surface area contributed by atoms with E-state index in [0.29, 0.717) is 42.9 Å². The van der Waals surface area contributed by atoms with Crippen molar-refractivity contribution in [2.45, 2.75) is 123 Å². The summed E-state index contributed by atoms with van der Waals surface area (Å²) < 4.78 is 57.2. The molecule has 8 rings (SSSR count). The van der Waals surface area contributed by atoms with Crippen molar-refractivity contribution < 1.29 is 47.8 Å². The molecule has 0 bridgehead atoms. The van der Waals surface area contributed by atoms with Gasteiger partial charge in [0.1, 0.15) is 5.75 Å². The maximum Gasteiger partial charge on any atom is 0.200 e. The number of methoxy groups -OCH3 is 2. The zero-order valence-corrected chi connectivity index (χ0v) is 40.7. The molecule has 1 aliphatic carbocycles. The maximum absolute atomic E-state index is 14.6. The molecule has 5 aromatic carbocycles. The average Bonchev–Trinajstić information content (AvgIpc) is 3.36. The van der Waals surface area contributed by atoms with Gasteiger partial charge in [0.05, 0.1) is 73.6 Å². The van der Waals surface area contributed by atoms with E-state index in [2.05, 4.69) is 36.4 Å². The number of hydrogen-bond acceptors (Lipinski definition) is 8. The predicted molar refractivity (Wildman–Crippen MR) is 261 cm³/mol. The van der Waals surface area contributed by atoms with Crippen molar-refractivity contribution in [3.05, 3.63) is 138 Å². The monoisotopic (exact) mass is 950 g/mol. The molecule has 2 aliphatic heterocycles. The third-order valence-electron chi connectivity index (χ3n) is 11.9. The molecule has 0 amide bonds. The Labute approximate surface area is 398 Å². The quantitative estimate of drug-likeness (QED) is 0.114. The van der Waals surface area contributed by atoms with Gasteiger partial charge in [-0.1, -0.05) is 118 Å². The van der Waals surface area contributed by atoms with E-state index in [1.165, 1.54) is 24.8 Å². The molecule has 2 saturated heterocycles. The van der Waals surface area contributed by atoms with Gasteiger partial charge in [-0.05, 0) is 93.6 Å². The second kappa shape index (κ2) is 25.9. The number of aliphatic hydroxyl groups excluding tert-OH is 3. The molecular weight excluding hydrogens is 885 g/mol. The van der Waals surface area contributed by atoms with Crippen LogP contribution in [0.1, 0.15) is 119 Å². The van der Waals surface area contributed by atoms with E-state index in [0.717, 1.165) is 67.9 Å². The Morgan fingerprint density at radius 2 is 1.27 bits per heavy atom. The van der Waals surface area contributed by atoms with Gasteiger partial charge in [-0.3, -0.25) is 0 Å². The number of rotatable bonds is 12. The van der Waals surface area contributed by atoms with Crippen LogP contribution in [0.4, 0.5) is 8.78 Å². The average molecular weight is 952 g/mol. The fourth-order valence-corrected chi connectivity index (χ4v) is 9.41. The lowest BCUT2D eigenvalue weighted by Crippen LogP contribution is -2.39. The first kappa shape index (κ1) is 52.9. The van der Waals surface area contributed by atoms with Crippen LogP contribution in [-0.2, 0) is 27.1 Å². The van der Waals surface area contributed by atoms with E-state index in [1.807, 2.05) is 71.0 Å². The Morgan fingerprint density at radius 3 is 1.91 bits per heavy atom. The van der Waals surface area contributed by atoms with Crippen LogP contribution in [0.5, 0.6) is 11.5 Å². The largest absolute Gasteiger partial charge is 0.494 e. The third-order valence-corrected chi connectivity index (χ3v) is 12.8. The number of benzene rings is 5. The van der Waals surface area contributed by atoms with E-state index < -0.39 is 29.9 Å². The standard InChI is InChI=1S/C26H29ClO4.C24H25ClF2O4.2C2H6/c1-3-30-19-10-8-17(9-11-19)12-18-13-24(22-6-4-5-7-23(22)26(18)27)25-15-20(29-2)14-21(16-28)31-25;1-30-20-7-6-13(23(26)24(20)27)8-14-9-19(17-4-2-3-5-18(17)22(14)25)21-11-15(29)10-16(12-28)31-21;2*1-2/h4-11,13,20-21,25,28H,3,12,14-16H2,1-2H3;4-7,9,15-16,21,28-29H,2-3,8,10-12H2,1H3;2*1-2H3. The molecule has 0 saturated carbocycles. The van der Waals surface area contributed by atoms with Crippen molar-refractivity contribution in [2.24, 2.45) is 0 Å². The summed E-state index contributed by atoms with van der Waals surface area (Å²) in [6, 6.07) is 23.2. The first-order valence-electron chi connectivity index (χ1n) is 23.2. The van der Waals surface area contributed by atoms with Gasteiger partial charge in [-0.25, -0.2) is 4.39 Å². The lowest BCUT2D eigenvalue weighted by atomic mass is 9.90. The molecule has 0 spiro atoms. The highest BCUT2D eigenvalue weighted by molar-refractivity contribution is 6.36. The van der Waals surface area contributed by atoms with E-state index in [-0.39, 0.29) is 49.3 Å². The second-order valence-electron chi connectivity index (χ2n) is 16.0. The predicted octanol–water partition coefficient (Wildman–Crippen LogP) is 10.9. The summed E-state index contributed by atoms with van der Waals surface area (Å²) >= 11 is 13.6. The molecule has 66 heavy (non-hydrogen) atoms. The topological polar surface area (TPSA) is 107 Å². The van der Waals surface area contributed by atoms with Gasteiger partial charge in [0, 0.05) is 44.6 Å². The molecule has 358 valence electrons. The highest BCUT2D eigenvalue weighted by Gasteiger charge is 2.33. The lowest BCUT2D eigenvalue weighted by molar-refractivity contribution is -0.121. The van der Waals surface area contributed by atoms with Crippen molar-refractivity contribution in [2.75, 3.05) is 34.0 Å². The van der Waals surface area contributed by atoms with Gasteiger partial charge in [0.25, 0.3) is 0 Å². The summed E-state index contributed by atoms with van der Waals surface area (Å²) in [6.07, 6.45) is 7.05. The van der Waals surface area contributed by atoms with Crippen LogP contribution in [0.3, 0.4) is 0 Å². The molecule has 0 radical (unpaired) electrons. The summed E-state index contributed by atoms with van der Waals surface area (Å²) in [5, 5.41) is 34.7. The number of aliphatic hydroxyl groups is 3. The number of ether oxygens (including phenoxy) is 5. The molecule has 2 heterocycles. The summed E-state index contributed by atoms with van der Waals surface area (Å²) in [4.78, 5) is 0. The maximum atomic E-state index is 14.6. The van der Waals surface area contributed by atoms with E-state index >= 15 is 0 Å². The summed E-state index contributed by atoms with van der Waals surface area (Å²) in [5.41, 5.74) is 4.99. The van der Waals surface area contributed by atoms with Gasteiger partial charge in [0.2, 0.25) is 5.82 Å². The molecular formula is C54H66Cl2F2O8. The molecule has 5 aromatic rings. The fraction of sp³-hybridized carbons (Fsp3) is 0.444.